The van der Waals surface area contributed by atoms with E-state index in [1.54, 1.807) is 13.0 Å². The highest BCUT2D eigenvalue weighted by Gasteiger charge is 2.10. The topological polar surface area (TPSA) is 52.1 Å². The lowest BCUT2D eigenvalue weighted by Gasteiger charge is -2.04. The van der Waals surface area contributed by atoms with E-state index in [4.69, 9.17) is 4.74 Å². The Morgan fingerprint density at radius 2 is 2.14 bits per heavy atom. The standard InChI is InChI=1S/C10H14N2O2/c1-4-14-6-10(13)9-5-7(2)11-12-8(9)3/h5H,4,6H2,1-3H3. The fourth-order valence-corrected chi connectivity index (χ4v) is 1.10. The number of aromatic nitrogens is 2. The molecule has 1 heterocycles. The minimum atomic E-state index is -0.0395. The van der Waals surface area contributed by atoms with Gasteiger partial charge in [-0.3, -0.25) is 4.79 Å². The van der Waals surface area contributed by atoms with Gasteiger partial charge in [0.05, 0.1) is 11.4 Å². The Kier molecular flexibility index (Phi) is 3.71. The summed E-state index contributed by atoms with van der Waals surface area (Å²) in [6, 6.07) is 1.74. The number of ketones is 1. The molecule has 0 radical (unpaired) electrons. The molecule has 76 valence electrons. The van der Waals surface area contributed by atoms with Gasteiger partial charge in [-0.2, -0.15) is 10.2 Å². The molecule has 1 aromatic rings. The molecular formula is C10H14N2O2. The first-order valence-electron chi connectivity index (χ1n) is 4.57. The molecule has 0 aromatic carbocycles. The number of hydrogen-bond acceptors (Lipinski definition) is 4. The van der Waals surface area contributed by atoms with E-state index < -0.39 is 0 Å². The smallest absolute Gasteiger partial charge is 0.190 e. The Bertz CT molecular complexity index is 337. The molecular weight excluding hydrogens is 180 g/mol. The Labute approximate surface area is 83.3 Å². The maximum absolute atomic E-state index is 11.6. The van der Waals surface area contributed by atoms with Crippen molar-refractivity contribution in [3.8, 4) is 0 Å². The summed E-state index contributed by atoms with van der Waals surface area (Å²) in [7, 11) is 0. The van der Waals surface area contributed by atoms with Crippen LogP contribution in [0.15, 0.2) is 6.07 Å². The quantitative estimate of drug-likeness (QED) is 0.678. The summed E-state index contributed by atoms with van der Waals surface area (Å²) in [6.07, 6.45) is 0. The molecule has 0 saturated heterocycles. The van der Waals surface area contributed by atoms with Gasteiger partial charge in [-0.1, -0.05) is 0 Å². The van der Waals surface area contributed by atoms with E-state index in [0.29, 0.717) is 17.9 Å². The van der Waals surface area contributed by atoms with Crippen molar-refractivity contribution >= 4 is 5.78 Å². The molecule has 0 aliphatic rings. The van der Waals surface area contributed by atoms with Gasteiger partial charge in [0.2, 0.25) is 0 Å². The van der Waals surface area contributed by atoms with Crippen LogP contribution in [0.4, 0.5) is 0 Å². The molecule has 4 nitrogen and oxygen atoms in total. The average Bonchev–Trinajstić information content (AvgIpc) is 2.18. The number of ether oxygens (including phenoxy) is 1. The first-order valence-corrected chi connectivity index (χ1v) is 4.57. The Morgan fingerprint density at radius 3 is 2.79 bits per heavy atom. The van der Waals surface area contributed by atoms with Crippen molar-refractivity contribution in [1.82, 2.24) is 10.2 Å². The lowest BCUT2D eigenvalue weighted by Crippen LogP contribution is -2.12. The molecule has 0 aliphatic carbocycles. The van der Waals surface area contributed by atoms with Gasteiger partial charge in [0, 0.05) is 12.2 Å². The molecule has 0 amide bonds. The van der Waals surface area contributed by atoms with Gasteiger partial charge in [0.25, 0.3) is 0 Å². The number of rotatable bonds is 4. The van der Waals surface area contributed by atoms with Crippen LogP contribution < -0.4 is 0 Å². The summed E-state index contributed by atoms with van der Waals surface area (Å²) in [5.41, 5.74) is 2.00. The minimum Gasteiger partial charge on any atom is -0.374 e. The van der Waals surface area contributed by atoms with Crippen molar-refractivity contribution < 1.29 is 9.53 Å². The van der Waals surface area contributed by atoms with E-state index in [1.807, 2.05) is 13.8 Å². The number of nitrogens with zero attached hydrogens (tertiary/aromatic N) is 2. The summed E-state index contributed by atoms with van der Waals surface area (Å²) in [5.74, 6) is -0.0395. The van der Waals surface area contributed by atoms with E-state index in [0.717, 1.165) is 5.69 Å². The van der Waals surface area contributed by atoms with E-state index in [1.165, 1.54) is 0 Å². The second-order valence-electron chi connectivity index (χ2n) is 3.05. The number of Topliss-reactive ketones (excluding diaryl/α,β-unsaturated/α-hetero) is 1. The molecule has 14 heavy (non-hydrogen) atoms. The Morgan fingerprint density at radius 1 is 1.43 bits per heavy atom. The third kappa shape index (κ3) is 2.60. The van der Waals surface area contributed by atoms with E-state index >= 15 is 0 Å². The second-order valence-corrected chi connectivity index (χ2v) is 3.05. The van der Waals surface area contributed by atoms with Gasteiger partial charge in [-0.15, -0.1) is 0 Å². The summed E-state index contributed by atoms with van der Waals surface area (Å²) < 4.78 is 5.05. The summed E-state index contributed by atoms with van der Waals surface area (Å²) in [4.78, 5) is 11.6. The van der Waals surface area contributed by atoms with Crippen molar-refractivity contribution in [2.75, 3.05) is 13.2 Å². The summed E-state index contributed by atoms with van der Waals surface area (Å²) in [6.45, 7) is 6.09. The number of hydrogen-bond donors (Lipinski definition) is 0. The van der Waals surface area contributed by atoms with Crippen molar-refractivity contribution in [3.05, 3.63) is 23.0 Å². The van der Waals surface area contributed by atoms with Crippen molar-refractivity contribution in [3.63, 3.8) is 0 Å². The number of carbonyl (C=O) groups excluding carboxylic acids is 1. The molecule has 0 aliphatic heterocycles. The highest BCUT2D eigenvalue weighted by atomic mass is 16.5. The molecule has 0 N–H and O–H groups in total. The first-order chi connectivity index (χ1) is 6.65. The van der Waals surface area contributed by atoms with Crippen molar-refractivity contribution in [1.29, 1.82) is 0 Å². The van der Waals surface area contributed by atoms with E-state index in [2.05, 4.69) is 10.2 Å². The maximum atomic E-state index is 11.6. The van der Waals surface area contributed by atoms with Crippen LogP contribution in [0.2, 0.25) is 0 Å². The first kappa shape index (κ1) is 10.8. The SMILES string of the molecule is CCOCC(=O)c1cc(C)nnc1C. The van der Waals surface area contributed by atoms with Crippen LogP contribution in [-0.2, 0) is 4.74 Å². The van der Waals surface area contributed by atoms with Crippen LogP contribution in [0, 0.1) is 13.8 Å². The second kappa shape index (κ2) is 4.81. The molecule has 4 heteroatoms. The highest BCUT2D eigenvalue weighted by Crippen LogP contribution is 2.06. The van der Waals surface area contributed by atoms with Gasteiger partial charge in [0.1, 0.15) is 6.61 Å². The highest BCUT2D eigenvalue weighted by molar-refractivity contribution is 5.98. The third-order valence-corrected chi connectivity index (χ3v) is 1.84. The third-order valence-electron chi connectivity index (χ3n) is 1.84. The van der Waals surface area contributed by atoms with Crippen LogP contribution >= 0.6 is 0 Å². The van der Waals surface area contributed by atoms with Crippen LogP contribution in [0.5, 0.6) is 0 Å². The zero-order valence-corrected chi connectivity index (χ0v) is 8.70. The monoisotopic (exact) mass is 194 g/mol. The predicted octanol–water partition coefficient (Wildman–Crippen LogP) is 1.31. The molecule has 0 fully saturated rings. The van der Waals surface area contributed by atoms with Crippen molar-refractivity contribution in [2.45, 2.75) is 20.8 Å². The molecule has 1 rings (SSSR count). The number of carbonyl (C=O) groups is 1. The van der Waals surface area contributed by atoms with Gasteiger partial charge in [-0.25, -0.2) is 0 Å². The van der Waals surface area contributed by atoms with Gasteiger partial charge < -0.3 is 4.74 Å². The summed E-state index contributed by atoms with van der Waals surface area (Å²) in [5, 5.41) is 7.74. The van der Waals surface area contributed by atoms with Crippen LogP contribution in [0.1, 0.15) is 28.7 Å². The fraction of sp³-hybridized carbons (Fsp3) is 0.500. The molecule has 0 bridgehead atoms. The van der Waals surface area contributed by atoms with Crippen molar-refractivity contribution in [2.24, 2.45) is 0 Å². The zero-order valence-electron chi connectivity index (χ0n) is 8.70. The lowest BCUT2D eigenvalue weighted by atomic mass is 10.1. The molecule has 0 unspecified atom stereocenters. The average molecular weight is 194 g/mol. The normalized spacial score (nSPS) is 10.2. The number of aryl methyl sites for hydroxylation is 2. The summed E-state index contributed by atoms with van der Waals surface area (Å²) >= 11 is 0. The predicted molar refractivity (Wildman–Crippen MR) is 52.3 cm³/mol. The van der Waals surface area contributed by atoms with E-state index in [9.17, 15) is 4.79 Å². The van der Waals surface area contributed by atoms with Gasteiger partial charge in [0.15, 0.2) is 5.78 Å². The minimum absolute atomic E-state index is 0.0395. The van der Waals surface area contributed by atoms with Crippen LogP contribution in [-0.4, -0.2) is 29.2 Å². The lowest BCUT2D eigenvalue weighted by molar-refractivity contribution is 0.0782. The van der Waals surface area contributed by atoms with Gasteiger partial charge in [-0.05, 0) is 26.8 Å². The van der Waals surface area contributed by atoms with Crippen LogP contribution in [0.25, 0.3) is 0 Å². The Balaban J connectivity index is 2.83. The molecule has 1 aromatic heterocycles. The van der Waals surface area contributed by atoms with E-state index in [-0.39, 0.29) is 12.4 Å². The largest absolute Gasteiger partial charge is 0.374 e. The maximum Gasteiger partial charge on any atom is 0.190 e. The van der Waals surface area contributed by atoms with Gasteiger partial charge >= 0.3 is 0 Å². The molecule has 0 atom stereocenters. The fourth-order valence-electron chi connectivity index (χ4n) is 1.10. The zero-order chi connectivity index (χ0) is 10.6. The Hall–Kier alpha value is -1.29. The molecule has 0 spiro atoms. The van der Waals surface area contributed by atoms with Crippen LogP contribution in [0.3, 0.4) is 0 Å². The molecule has 0 saturated carbocycles.